The maximum Gasteiger partial charge on any atom is 0.231 e. The molecule has 0 saturated carbocycles. The minimum absolute atomic E-state index is 0. The van der Waals surface area contributed by atoms with Crippen molar-refractivity contribution in [2.24, 2.45) is 0 Å². The number of benzene rings is 1. The average Bonchev–Trinajstić information content (AvgIpc) is 3.04. The standard InChI is InChI=1S/C16H20N2O3.ClH/c19-16(18-6-5-12-2-3-13(9-18)17-12)8-11-1-4-14-15(7-11)21-10-20-14;/h1,4,7,12-13,17H,2-3,5-6,8-10H2;1H. The van der Waals surface area contributed by atoms with Crippen LogP contribution in [0.2, 0.25) is 0 Å². The molecule has 2 unspecified atom stereocenters. The first kappa shape index (κ1) is 15.4. The van der Waals surface area contributed by atoms with E-state index in [1.165, 1.54) is 12.8 Å². The lowest BCUT2D eigenvalue weighted by atomic mass is 10.1. The van der Waals surface area contributed by atoms with Gasteiger partial charge in [-0.15, -0.1) is 12.4 Å². The summed E-state index contributed by atoms with van der Waals surface area (Å²) in [5.74, 6) is 1.72. The van der Waals surface area contributed by atoms with Gasteiger partial charge in [0.05, 0.1) is 6.42 Å². The van der Waals surface area contributed by atoms with Crippen molar-refractivity contribution in [2.75, 3.05) is 19.9 Å². The quantitative estimate of drug-likeness (QED) is 0.900. The molecule has 1 amide bonds. The molecule has 22 heavy (non-hydrogen) atoms. The van der Waals surface area contributed by atoms with Crippen LogP contribution in [0.25, 0.3) is 0 Å². The van der Waals surface area contributed by atoms with E-state index in [-0.39, 0.29) is 25.1 Å². The van der Waals surface area contributed by atoms with Gasteiger partial charge in [-0.2, -0.15) is 0 Å². The SMILES string of the molecule is Cl.O=C(Cc1ccc2c(c1)OCO2)N1CCC2CCC(C1)N2. The summed E-state index contributed by atoms with van der Waals surface area (Å²) in [4.78, 5) is 14.5. The highest BCUT2D eigenvalue weighted by Gasteiger charge is 2.31. The second-order valence-corrected chi connectivity index (χ2v) is 6.13. The molecule has 3 aliphatic rings. The third-order valence-electron chi connectivity index (χ3n) is 4.67. The summed E-state index contributed by atoms with van der Waals surface area (Å²) >= 11 is 0. The van der Waals surface area contributed by atoms with E-state index < -0.39 is 0 Å². The van der Waals surface area contributed by atoms with Crippen molar-refractivity contribution in [3.05, 3.63) is 23.8 Å². The van der Waals surface area contributed by atoms with Crippen LogP contribution in [-0.4, -0.2) is 42.8 Å². The van der Waals surface area contributed by atoms with Crippen LogP contribution < -0.4 is 14.8 Å². The fourth-order valence-electron chi connectivity index (χ4n) is 3.51. The van der Waals surface area contributed by atoms with Gasteiger partial charge in [0.15, 0.2) is 11.5 Å². The first-order valence-corrected chi connectivity index (χ1v) is 7.70. The van der Waals surface area contributed by atoms with E-state index in [0.717, 1.165) is 36.6 Å². The van der Waals surface area contributed by atoms with E-state index in [1.807, 2.05) is 23.1 Å². The molecule has 1 N–H and O–H groups in total. The van der Waals surface area contributed by atoms with E-state index in [1.54, 1.807) is 0 Å². The van der Waals surface area contributed by atoms with Crippen molar-refractivity contribution in [3.8, 4) is 11.5 Å². The highest BCUT2D eigenvalue weighted by atomic mass is 35.5. The number of rotatable bonds is 2. The van der Waals surface area contributed by atoms with Crippen LogP contribution in [-0.2, 0) is 11.2 Å². The van der Waals surface area contributed by atoms with E-state index in [2.05, 4.69) is 5.32 Å². The van der Waals surface area contributed by atoms with Crippen molar-refractivity contribution in [2.45, 2.75) is 37.8 Å². The topological polar surface area (TPSA) is 50.8 Å². The predicted molar refractivity (Wildman–Crippen MR) is 84.7 cm³/mol. The smallest absolute Gasteiger partial charge is 0.231 e. The maximum atomic E-state index is 12.5. The molecule has 5 nitrogen and oxygen atoms in total. The molecule has 3 aliphatic heterocycles. The lowest BCUT2D eigenvalue weighted by molar-refractivity contribution is -0.130. The zero-order valence-corrected chi connectivity index (χ0v) is 13.2. The first-order valence-electron chi connectivity index (χ1n) is 7.70. The van der Waals surface area contributed by atoms with E-state index >= 15 is 0 Å². The zero-order chi connectivity index (χ0) is 14.2. The van der Waals surface area contributed by atoms with Crippen LogP contribution in [0.5, 0.6) is 11.5 Å². The van der Waals surface area contributed by atoms with Gasteiger partial charge in [-0.05, 0) is 37.0 Å². The number of fused-ring (bicyclic) bond motifs is 3. The third kappa shape index (κ3) is 3.01. The Bertz CT molecular complexity index is 566. The van der Waals surface area contributed by atoms with E-state index in [0.29, 0.717) is 18.5 Å². The number of hydrogen-bond acceptors (Lipinski definition) is 4. The molecule has 2 fully saturated rings. The highest BCUT2D eigenvalue weighted by Crippen LogP contribution is 2.32. The number of amides is 1. The van der Waals surface area contributed by atoms with Gasteiger partial charge in [-0.3, -0.25) is 4.79 Å². The summed E-state index contributed by atoms with van der Waals surface area (Å²) < 4.78 is 10.7. The molecule has 2 atom stereocenters. The summed E-state index contributed by atoms with van der Waals surface area (Å²) in [7, 11) is 0. The summed E-state index contributed by atoms with van der Waals surface area (Å²) in [6.07, 6.45) is 3.96. The molecule has 1 aromatic carbocycles. The second-order valence-electron chi connectivity index (χ2n) is 6.13. The molecule has 0 aliphatic carbocycles. The normalized spacial score (nSPS) is 25.5. The third-order valence-corrected chi connectivity index (χ3v) is 4.67. The van der Waals surface area contributed by atoms with Gasteiger partial charge in [-0.25, -0.2) is 0 Å². The summed E-state index contributed by atoms with van der Waals surface area (Å²) in [6.45, 7) is 1.99. The molecule has 6 heteroatoms. The Balaban J connectivity index is 0.00000144. The van der Waals surface area contributed by atoms with Crippen LogP contribution in [0.1, 0.15) is 24.8 Å². The molecule has 2 saturated heterocycles. The molecule has 0 aromatic heterocycles. The summed E-state index contributed by atoms with van der Waals surface area (Å²) in [5, 5.41) is 3.61. The van der Waals surface area contributed by atoms with Gasteiger partial charge in [0.25, 0.3) is 0 Å². The van der Waals surface area contributed by atoms with Crippen LogP contribution in [0, 0.1) is 0 Å². The monoisotopic (exact) mass is 324 g/mol. The number of ether oxygens (including phenoxy) is 2. The Morgan fingerprint density at radius 1 is 1.18 bits per heavy atom. The van der Waals surface area contributed by atoms with Crippen LogP contribution in [0.15, 0.2) is 18.2 Å². The lowest BCUT2D eigenvalue weighted by Gasteiger charge is -2.24. The Kier molecular flexibility index (Phi) is 4.45. The van der Waals surface area contributed by atoms with Crippen LogP contribution >= 0.6 is 12.4 Å². The van der Waals surface area contributed by atoms with Crippen molar-refractivity contribution in [1.29, 1.82) is 0 Å². The van der Waals surface area contributed by atoms with Gasteiger partial charge in [0.1, 0.15) is 0 Å². The summed E-state index contributed by atoms with van der Waals surface area (Å²) in [6, 6.07) is 6.85. The van der Waals surface area contributed by atoms with Gasteiger partial charge in [0, 0.05) is 25.2 Å². The molecule has 0 radical (unpaired) electrons. The van der Waals surface area contributed by atoms with Crippen molar-refractivity contribution in [3.63, 3.8) is 0 Å². The molecule has 2 bridgehead atoms. The molecule has 1 aromatic rings. The zero-order valence-electron chi connectivity index (χ0n) is 12.4. The Morgan fingerprint density at radius 2 is 2.00 bits per heavy atom. The number of carbonyl (C=O) groups excluding carboxylic acids is 1. The Morgan fingerprint density at radius 3 is 2.91 bits per heavy atom. The largest absolute Gasteiger partial charge is 0.454 e. The van der Waals surface area contributed by atoms with Crippen LogP contribution in [0.3, 0.4) is 0 Å². The molecular formula is C16H21ClN2O3. The molecule has 0 spiro atoms. The number of halogens is 1. The van der Waals surface area contributed by atoms with Crippen molar-refractivity contribution < 1.29 is 14.3 Å². The van der Waals surface area contributed by atoms with Crippen LogP contribution in [0.4, 0.5) is 0 Å². The van der Waals surface area contributed by atoms with Gasteiger partial charge < -0.3 is 19.7 Å². The fourth-order valence-corrected chi connectivity index (χ4v) is 3.51. The predicted octanol–water partition coefficient (Wildman–Crippen LogP) is 1.73. The minimum atomic E-state index is 0. The number of hydrogen-bond donors (Lipinski definition) is 1. The van der Waals surface area contributed by atoms with Crippen molar-refractivity contribution in [1.82, 2.24) is 10.2 Å². The second kappa shape index (κ2) is 6.34. The number of likely N-dealkylation sites (tertiary alicyclic amines) is 1. The van der Waals surface area contributed by atoms with Gasteiger partial charge in [0.2, 0.25) is 12.7 Å². The fraction of sp³-hybridized carbons (Fsp3) is 0.562. The highest BCUT2D eigenvalue weighted by molar-refractivity contribution is 5.85. The Labute approximate surface area is 136 Å². The average molecular weight is 325 g/mol. The van der Waals surface area contributed by atoms with Gasteiger partial charge in [-0.1, -0.05) is 6.07 Å². The Hall–Kier alpha value is -1.46. The number of nitrogens with zero attached hydrogens (tertiary/aromatic N) is 1. The molecular weight excluding hydrogens is 304 g/mol. The molecule has 3 heterocycles. The van der Waals surface area contributed by atoms with Gasteiger partial charge >= 0.3 is 0 Å². The lowest BCUT2D eigenvalue weighted by Crippen LogP contribution is -2.39. The number of nitrogens with one attached hydrogen (secondary N) is 1. The minimum Gasteiger partial charge on any atom is -0.454 e. The number of carbonyl (C=O) groups is 1. The summed E-state index contributed by atoms with van der Waals surface area (Å²) in [5.41, 5.74) is 0.992. The first-order chi connectivity index (χ1) is 10.3. The maximum absolute atomic E-state index is 12.5. The molecule has 4 rings (SSSR count). The molecule has 120 valence electrons. The van der Waals surface area contributed by atoms with E-state index in [4.69, 9.17) is 9.47 Å². The van der Waals surface area contributed by atoms with E-state index in [9.17, 15) is 4.79 Å². The van der Waals surface area contributed by atoms with Crippen molar-refractivity contribution >= 4 is 18.3 Å².